The van der Waals surface area contributed by atoms with Crippen molar-refractivity contribution in [3.63, 3.8) is 0 Å². The second-order valence-electron chi connectivity index (χ2n) is 8.94. The monoisotopic (exact) mass is 473 g/mol. The number of likely N-dealkylation sites (N-methyl/N-ethyl adjacent to an activating group) is 1. The zero-order chi connectivity index (χ0) is 24.9. The Balaban J connectivity index is 1.47. The predicted octanol–water partition coefficient (Wildman–Crippen LogP) is 3.71. The Bertz CT molecular complexity index is 1240. The lowest BCUT2D eigenvalue weighted by Crippen LogP contribution is -2.31. The van der Waals surface area contributed by atoms with Crippen molar-refractivity contribution in [1.29, 1.82) is 0 Å². The normalized spacial score (nSPS) is 14.1. The molecule has 4 rings (SSSR count). The second kappa shape index (κ2) is 10.7. The number of benzene rings is 3. The Morgan fingerprint density at radius 2 is 1.83 bits per heavy atom. The van der Waals surface area contributed by atoms with E-state index in [4.69, 9.17) is 4.74 Å². The molecule has 0 saturated carbocycles. The smallest absolute Gasteiger partial charge is 0.255 e. The van der Waals surface area contributed by atoms with Crippen molar-refractivity contribution in [3.05, 3.63) is 94.0 Å². The van der Waals surface area contributed by atoms with Crippen molar-refractivity contribution in [1.82, 2.24) is 10.2 Å². The third kappa shape index (κ3) is 5.70. The predicted molar refractivity (Wildman–Crippen MR) is 136 cm³/mol. The van der Waals surface area contributed by atoms with Crippen LogP contribution >= 0.6 is 0 Å². The van der Waals surface area contributed by atoms with E-state index in [1.54, 1.807) is 49.6 Å². The summed E-state index contributed by atoms with van der Waals surface area (Å²) >= 11 is 0. The molecule has 35 heavy (non-hydrogen) atoms. The first-order valence-corrected chi connectivity index (χ1v) is 11.7. The van der Waals surface area contributed by atoms with E-state index in [1.165, 1.54) is 11.1 Å². The van der Waals surface area contributed by atoms with E-state index in [1.807, 2.05) is 19.1 Å². The maximum absolute atomic E-state index is 13.0. The summed E-state index contributed by atoms with van der Waals surface area (Å²) < 4.78 is 5.25. The van der Waals surface area contributed by atoms with Crippen molar-refractivity contribution in [3.8, 4) is 5.75 Å². The molecule has 7 nitrogen and oxygen atoms in total. The lowest BCUT2D eigenvalue weighted by atomic mass is 9.99. The highest BCUT2D eigenvalue weighted by Gasteiger charge is 2.18. The highest BCUT2D eigenvalue weighted by atomic mass is 16.5. The number of hydrogen-bond donors (Lipinski definition) is 3. The van der Waals surface area contributed by atoms with Crippen LogP contribution < -0.4 is 15.4 Å². The van der Waals surface area contributed by atoms with E-state index < -0.39 is 6.04 Å². The third-order valence-corrected chi connectivity index (χ3v) is 6.36. The Labute approximate surface area is 205 Å². The summed E-state index contributed by atoms with van der Waals surface area (Å²) in [6, 6.07) is 17.5. The number of aliphatic hydroxyl groups excluding tert-OH is 1. The van der Waals surface area contributed by atoms with Gasteiger partial charge in [0.2, 0.25) is 0 Å². The molecular formula is C28H31N3O4. The number of anilines is 1. The van der Waals surface area contributed by atoms with Crippen LogP contribution in [-0.2, 0) is 13.0 Å². The summed E-state index contributed by atoms with van der Waals surface area (Å²) in [7, 11) is 3.67. The molecule has 3 N–H and O–H groups in total. The van der Waals surface area contributed by atoms with Gasteiger partial charge >= 0.3 is 0 Å². The molecule has 0 spiro atoms. The molecule has 0 aliphatic carbocycles. The van der Waals surface area contributed by atoms with Crippen LogP contribution in [0.4, 0.5) is 5.69 Å². The zero-order valence-electron chi connectivity index (χ0n) is 20.3. The van der Waals surface area contributed by atoms with E-state index in [9.17, 15) is 14.7 Å². The molecule has 7 heteroatoms. The quantitative estimate of drug-likeness (QED) is 0.487. The maximum Gasteiger partial charge on any atom is 0.255 e. The summed E-state index contributed by atoms with van der Waals surface area (Å²) in [5, 5.41) is 15.8. The molecule has 1 aliphatic rings. The van der Waals surface area contributed by atoms with Gasteiger partial charge in [0, 0.05) is 29.9 Å². The average Bonchev–Trinajstić information content (AvgIpc) is 2.86. The number of aliphatic hydroxyl groups is 1. The number of rotatable bonds is 7. The standard InChI is InChI=1S/C28H31N3O4/c1-18-13-22(8-10-26(18)35-3)28(34)30-25(17-32)20-5-4-6-21(14-20)27(33)29-24-9-7-19-11-12-31(2)16-23(19)15-24/h4-10,13-15,25,32H,11-12,16-17H2,1-3H3,(H,29,33)(H,30,34)/t25-/m1/s1. The summed E-state index contributed by atoms with van der Waals surface area (Å²) in [4.78, 5) is 28.0. The molecule has 1 aliphatic heterocycles. The number of ether oxygens (including phenoxy) is 1. The van der Waals surface area contributed by atoms with Gasteiger partial charge in [-0.05, 0) is 85.1 Å². The van der Waals surface area contributed by atoms with E-state index in [2.05, 4.69) is 28.6 Å². The van der Waals surface area contributed by atoms with Crippen LogP contribution in [0.3, 0.4) is 0 Å². The van der Waals surface area contributed by atoms with Gasteiger partial charge in [-0.25, -0.2) is 0 Å². The van der Waals surface area contributed by atoms with Crippen LogP contribution in [0.15, 0.2) is 60.7 Å². The number of methoxy groups -OCH3 is 1. The average molecular weight is 474 g/mol. The van der Waals surface area contributed by atoms with E-state index in [0.29, 0.717) is 22.4 Å². The molecule has 0 fully saturated rings. The van der Waals surface area contributed by atoms with Gasteiger partial charge < -0.3 is 25.4 Å². The number of carbonyl (C=O) groups excluding carboxylic acids is 2. The van der Waals surface area contributed by atoms with E-state index in [-0.39, 0.29) is 18.4 Å². The van der Waals surface area contributed by atoms with Gasteiger partial charge in [0.1, 0.15) is 5.75 Å². The van der Waals surface area contributed by atoms with Crippen LogP contribution in [0.1, 0.15) is 49.0 Å². The number of nitrogens with zero attached hydrogens (tertiary/aromatic N) is 1. The molecule has 3 aromatic rings. The molecular weight excluding hydrogens is 442 g/mol. The lowest BCUT2D eigenvalue weighted by molar-refractivity contribution is 0.0916. The first kappa shape index (κ1) is 24.4. The van der Waals surface area contributed by atoms with Gasteiger partial charge in [-0.1, -0.05) is 18.2 Å². The zero-order valence-corrected chi connectivity index (χ0v) is 20.3. The first-order valence-electron chi connectivity index (χ1n) is 11.7. The van der Waals surface area contributed by atoms with Gasteiger partial charge in [0.05, 0.1) is 19.8 Å². The molecule has 0 unspecified atom stereocenters. The van der Waals surface area contributed by atoms with Gasteiger partial charge in [0.25, 0.3) is 11.8 Å². The molecule has 2 amide bonds. The maximum atomic E-state index is 13.0. The number of aryl methyl sites for hydroxylation is 1. The fourth-order valence-corrected chi connectivity index (χ4v) is 4.37. The van der Waals surface area contributed by atoms with Gasteiger partial charge in [0.15, 0.2) is 0 Å². The summed E-state index contributed by atoms with van der Waals surface area (Å²) in [6.45, 7) is 3.46. The Morgan fingerprint density at radius 3 is 2.57 bits per heavy atom. The second-order valence-corrected chi connectivity index (χ2v) is 8.94. The van der Waals surface area contributed by atoms with Crippen molar-refractivity contribution in [2.45, 2.75) is 25.9 Å². The van der Waals surface area contributed by atoms with Crippen molar-refractivity contribution in [2.24, 2.45) is 0 Å². The minimum atomic E-state index is -0.656. The van der Waals surface area contributed by atoms with E-state index in [0.717, 1.165) is 30.8 Å². The first-order chi connectivity index (χ1) is 16.9. The van der Waals surface area contributed by atoms with Crippen molar-refractivity contribution in [2.75, 3.05) is 32.6 Å². The molecule has 0 aromatic heterocycles. The van der Waals surface area contributed by atoms with E-state index >= 15 is 0 Å². The number of nitrogens with one attached hydrogen (secondary N) is 2. The number of hydrogen-bond acceptors (Lipinski definition) is 5. The molecule has 3 aromatic carbocycles. The van der Waals surface area contributed by atoms with Gasteiger partial charge in [-0.3, -0.25) is 9.59 Å². The fraction of sp³-hybridized carbons (Fsp3) is 0.286. The molecule has 0 radical (unpaired) electrons. The topological polar surface area (TPSA) is 90.9 Å². The Hall–Kier alpha value is -3.68. The van der Waals surface area contributed by atoms with Gasteiger partial charge in [-0.15, -0.1) is 0 Å². The van der Waals surface area contributed by atoms with Crippen LogP contribution in [0.2, 0.25) is 0 Å². The lowest BCUT2D eigenvalue weighted by Gasteiger charge is -2.25. The highest BCUT2D eigenvalue weighted by molar-refractivity contribution is 6.04. The summed E-state index contributed by atoms with van der Waals surface area (Å²) in [6.07, 6.45) is 1.01. The minimum absolute atomic E-state index is 0.246. The van der Waals surface area contributed by atoms with Crippen LogP contribution in [-0.4, -0.2) is 49.1 Å². The number of fused-ring (bicyclic) bond motifs is 1. The van der Waals surface area contributed by atoms with Crippen LogP contribution in [0, 0.1) is 6.92 Å². The van der Waals surface area contributed by atoms with Gasteiger partial charge in [-0.2, -0.15) is 0 Å². The largest absolute Gasteiger partial charge is 0.496 e. The molecule has 182 valence electrons. The minimum Gasteiger partial charge on any atom is -0.496 e. The Morgan fingerprint density at radius 1 is 1.03 bits per heavy atom. The molecule has 1 heterocycles. The SMILES string of the molecule is COc1ccc(C(=O)N[C@H](CO)c2cccc(C(=O)Nc3ccc4c(c3)CN(C)CC4)c2)cc1C. The number of carbonyl (C=O) groups is 2. The van der Waals surface area contributed by atoms with Crippen molar-refractivity contribution >= 4 is 17.5 Å². The number of amides is 2. The molecule has 0 saturated heterocycles. The fourth-order valence-electron chi connectivity index (χ4n) is 4.37. The van der Waals surface area contributed by atoms with Crippen molar-refractivity contribution < 1.29 is 19.4 Å². The third-order valence-electron chi connectivity index (χ3n) is 6.36. The Kier molecular flexibility index (Phi) is 7.48. The molecule has 0 bridgehead atoms. The summed E-state index contributed by atoms with van der Waals surface area (Å²) in [5.41, 5.74) is 5.69. The molecule has 1 atom stereocenters. The highest BCUT2D eigenvalue weighted by Crippen LogP contribution is 2.23. The van der Waals surface area contributed by atoms with Crippen LogP contribution in [0.25, 0.3) is 0 Å². The summed E-state index contributed by atoms with van der Waals surface area (Å²) in [5.74, 6) is 0.137. The van der Waals surface area contributed by atoms with Crippen LogP contribution in [0.5, 0.6) is 5.75 Å².